The number of allylic oxidation sites excluding steroid dienone is 1. The number of imide groups is 1. The van der Waals surface area contributed by atoms with Crippen molar-refractivity contribution in [3.63, 3.8) is 0 Å². The standard InChI is InChI=1S/C20H27NO3/c1-15(2)8-7-9-16(3)12-19(22)21-18(14-24-20(21)23)13-17-10-5-4-6-11-17/h4-6,9-11,15,18H,7-8,12-14H2,1-3H3/b16-9-/t18-/m0/s1. The van der Waals surface area contributed by atoms with Crippen molar-refractivity contribution in [3.8, 4) is 0 Å². The summed E-state index contributed by atoms with van der Waals surface area (Å²) in [7, 11) is 0. The van der Waals surface area contributed by atoms with Gasteiger partial charge in [0.1, 0.15) is 6.61 Å². The molecule has 1 heterocycles. The Morgan fingerprint density at radius 1 is 1.33 bits per heavy atom. The normalized spacial score (nSPS) is 18.2. The van der Waals surface area contributed by atoms with Crippen LogP contribution in [0.5, 0.6) is 0 Å². The molecule has 1 saturated heterocycles. The van der Waals surface area contributed by atoms with Gasteiger partial charge in [-0.3, -0.25) is 4.79 Å². The molecule has 1 aromatic carbocycles. The largest absolute Gasteiger partial charge is 0.447 e. The van der Waals surface area contributed by atoms with Crippen molar-refractivity contribution in [1.29, 1.82) is 0 Å². The molecule has 1 atom stereocenters. The Balaban J connectivity index is 1.96. The van der Waals surface area contributed by atoms with Crippen LogP contribution >= 0.6 is 0 Å². The Bertz CT molecular complexity index is 592. The SMILES string of the molecule is C/C(=C/CCC(C)C)CC(=O)N1C(=O)OC[C@@H]1Cc1ccccc1. The second kappa shape index (κ2) is 8.67. The highest BCUT2D eigenvalue weighted by Crippen LogP contribution is 2.20. The van der Waals surface area contributed by atoms with Gasteiger partial charge in [0, 0.05) is 6.42 Å². The predicted octanol–water partition coefficient (Wildman–Crippen LogP) is 4.35. The van der Waals surface area contributed by atoms with E-state index in [1.54, 1.807) is 0 Å². The Kier molecular flexibility index (Phi) is 6.59. The van der Waals surface area contributed by atoms with Gasteiger partial charge < -0.3 is 4.74 Å². The minimum atomic E-state index is -0.518. The zero-order valence-corrected chi connectivity index (χ0v) is 14.8. The highest BCUT2D eigenvalue weighted by atomic mass is 16.6. The Labute approximate surface area is 144 Å². The minimum Gasteiger partial charge on any atom is -0.447 e. The lowest BCUT2D eigenvalue weighted by atomic mass is 10.0. The molecule has 1 aliphatic rings. The van der Waals surface area contributed by atoms with E-state index in [0.29, 0.717) is 12.3 Å². The van der Waals surface area contributed by atoms with Gasteiger partial charge >= 0.3 is 6.09 Å². The predicted molar refractivity (Wildman–Crippen MR) is 94.6 cm³/mol. The molecular formula is C20H27NO3. The van der Waals surface area contributed by atoms with Gasteiger partial charge in [-0.05, 0) is 37.7 Å². The summed E-state index contributed by atoms with van der Waals surface area (Å²) in [6.45, 7) is 6.59. The zero-order valence-electron chi connectivity index (χ0n) is 14.8. The van der Waals surface area contributed by atoms with Crippen LogP contribution < -0.4 is 0 Å². The van der Waals surface area contributed by atoms with E-state index in [1.165, 1.54) is 4.90 Å². The van der Waals surface area contributed by atoms with Gasteiger partial charge in [-0.25, -0.2) is 9.69 Å². The van der Waals surface area contributed by atoms with Crippen molar-refractivity contribution < 1.29 is 14.3 Å². The number of nitrogens with zero attached hydrogens (tertiary/aromatic N) is 1. The molecule has 0 radical (unpaired) electrons. The van der Waals surface area contributed by atoms with Gasteiger partial charge in [0.05, 0.1) is 6.04 Å². The molecule has 0 unspecified atom stereocenters. The number of carbonyl (C=O) groups is 2. The molecular weight excluding hydrogens is 302 g/mol. The van der Waals surface area contributed by atoms with Crippen molar-refractivity contribution in [2.45, 2.75) is 52.5 Å². The van der Waals surface area contributed by atoms with Crippen LogP contribution in [0.15, 0.2) is 42.0 Å². The zero-order chi connectivity index (χ0) is 17.5. The van der Waals surface area contributed by atoms with Crippen molar-refractivity contribution >= 4 is 12.0 Å². The van der Waals surface area contributed by atoms with E-state index in [2.05, 4.69) is 19.9 Å². The van der Waals surface area contributed by atoms with Crippen LogP contribution in [-0.2, 0) is 16.0 Å². The fourth-order valence-corrected chi connectivity index (χ4v) is 2.86. The molecule has 0 aliphatic carbocycles. The maximum absolute atomic E-state index is 12.5. The first-order chi connectivity index (χ1) is 11.5. The van der Waals surface area contributed by atoms with Crippen LogP contribution in [0.3, 0.4) is 0 Å². The highest BCUT2D eigenvalue weighted by Gasteiger charge is 2.37. The summed E-state index contributed by atoms with van der Waals surface area (Å²) in [6.07, 6.45) is 4.57. The van der Waals surface area contributed by atoms with Crippen molar-refractivity contribution in [3.05, 3.63) is 47.5 Å². The Morgan fingerprint density at radius 2 is 2.04 bits per heavy atom. The van der Waals surface area contributed by atoms with E-state index in [-0.39, 0.29) is 25.0 Å². The number of hydrogen-bond acceptors (Lipinski definition) is 3. The molecule has 1 aromatic rings. The summed E-state index contributed by atoms with van der Waals surface area (Å²) in [5, 5.41) is 0. The minimum absolute atomic E-state index is 0.170. The van der Waals surface area contributed by atoms with Gasteiger partial charge in [-0.15, -0.1) is 0 Å². The molecule has 24 heavy (non-hydrogen) atoms. The average molecular weight is 329 g/mol. The Hall–Kier alpha value is -2.10. The first-order valence-corrected chi connectivity index (χ1v) is 8.65. The van der Waals surface area contributed by atoms with Gasteiger partial charge in [0.15, 0.2) is 0 Å². The summed E-state index contributed by atoms with van der Waals surface area (Å²) in [4.78, 5) is 25.8. The van der Waals surface area contributed by atoms with E-state index in [1.807, 2.05) is 37.3 Å². The first-order valence-electron chi connectivity index (χ1n) is 8.65. The molecule has 2 rings (SSSR count). The maximum atomic E-state index is 12.5. The van der Waals surface area contributed by atoms with Crippen LogP contribution in [0, 0.1) is 5.92 Å². The molecule has 0 saturated carbocycles. The summed E-state index contributed by atoms with van der Waals surface area (Å²) < 4.78 is 5.11. The molecule has 1 aliphatic heterocycles. The lowest BCUT2D eigenvalue weighted by Crippen LogP contribution is -2.40. The molecule has 4 heteroatoms. The van der Waals surface area contributed by atoms with E-state index in [0.717, 1.165) is 24.0 Å². The molecule has 2 amide bonds. The summed E-state index contributed by atoms with van der Waals surface area (Å²) in [6, 6.07) is 9.66. The van der Waals surface area contributed by atoms with Crippen LogP contribution in [-0.4, -0.2) is 29.5 Å². The highest BCUT2D eigenvalue weighted by molar-refractivity contribution is 5.94. The summed E-state index contributed by atoms with van der Waals surface area (Å²) in [5.41, 5.74) is 2.11. The molecule has 0 spiro atoms. The third-order valence-corrected chi connectivity index (χ3v) is 4.21. The lowest BCUT2D eigenvalue weighted by Gasteiger charge is -2.20. The van der Waals surface area contributed by atoms with Crippen molar-refractivity contribution in [1.82, 2.24) is 4.90 Å². The number of benzene rings is 1. The quantitative estimate of drug-likeness (QED) is 0.699. The van der Waals surface area contributed by atoms with Gasteiger partial charge in [0.25, 0.3) is 0 Å². The topological polar surface area (TPSA) is 46.6 Å². The van der Waals surface area contributed by atoms with Crippen molar-refractivity contribution in [2.75, 3.05) is 6.61 Å². The molecule has 4 nitrogen and oxygen atoms in total. The fraction of sp³-hybridized carbons (Fsp3) is 0.500. The maximum Gasteiger partial charge on any atom is 0.416 e. The number of amides is 2. The second-order valence-corrected chi connectivity index (χ2v) is 6.88. The number of ether oxygens (including phenoxy) is 1. The molecule has 0 bridgehead atoms. The van der Waals surface area contributed by atoms with E-state index >= 15 is 0 Å². The lowest BCUT2D eigenvalue weighted by molar-refractivity contribution is -0.128. The van der Waals surface area contributed by atoms with Crippen LogP contribution in [0.2, 0.25) is 0 Å². The smallest absolute Gasteiger partial charge is 0.416 e. The van der Waals surface area contributed by atoms with E-state index in [4.69, 9.17) is 4.74 Å². The van der Waals surface area contributed by atoms with E-state index < -0.39 is 6.09 Å². The fourth-order valence-electron chi connectivity index (χ4n) is 2.86. The Morgan fingerprint density at radius 3 is 2.71 bits per heavy atom. The van der Waals surface area contributed by atoms with Gasteiger partial charge in [0.2, 0.25) is 5.91 Å². The van der Waals surface area contributed by atoms with Gasteiger partial charge in [-0.2, -0.15) is 0 Å². The first kappa shape index (κ1) is 18.2. The van der Waals surface area contributed by atoms with Crippen LogP contribution in [0.1, 0.15) is 45.6 Å². The van der Waals surface area contributed by atoms with Gasteiger partial charge in [-0.1, -0.05) is 55.8 Å². The average Bonchev–Trinajstić information content (AvgIpc) is 2.88. The van der Waals surface area contributed by atoms with E-state index in [9.17, 15) is 9.59 Å². The number of hydrogen-bond donors (Lipinski definition) is 0. The van der Waals surface area contributed by atoms with Crippen molar-refractivity contribution in [2.24, 2.45) is 5.92 Å². The number of rotatable bonds is 7. The molecule has 130 valence electrons. The third kappa shape index (κ3) is 5.22. The summed E-state index contributed by atoms with van der Waals surface area (Å²) in [5.74, 6) is 0.477. The number of cyclic esters (lactones) is 1. The third-order valence-electron chi connectivity index (χ3n) is 4.21. The second-order valence-electron chi connectivity index (χ2n) is 6.88. The molecule has 0 aromatic heterocycles. The van der Waals surface area contributed by atoms with Crippen LogP contribution in [0.4, 0.5) is 4.79 Å². The summed E-state index contributed by atoms with van der Waals surface area (Å²) >= 11 is 0. The molecule has 1 fully saturated rings. The monoisotopic (exact) mass is 329 g/mol. The number of carbonyl (C=O) groups excluding carboxylic acids is 2. The molecule has 0 N–H and O–H groups in total. The van der Waals surface area contributed by atoms with Crippen LogP contribution in [0.25, 0.3) is 0 Å².